The van der Waals surface area contributed by atoms with Crippen molar-refractivity contribution in [3.05, 3.63) is 0 Å². The number of nitrogens with two attached hydrogens (primary N) is 1. The molecule has 14 heavy (non-hydrogen) atoms. The Labute approximate surface area is 86.0 Å². The van der Waals surface area contributed by atoms with Crippen LogP contribution in [0.4, 0.5) is 4.79 Å². The molecule has 82 valence electrons. The quantitative estimate of drug-likeness (QED) is 0.733. The van der Waals surface area contributed by atoms with E-state index < -0.39 is 0 Å². The molecule has 2 amide bonds. The maximum Gasteiger partial charge on any atom is 0.320 e. The van der Waals surface area contributed by atoms with E-state index in [4.69, 9.17) is 5.73 Å². The number of amides is 2. The fourth-order valence-electron chi connectivity index (χ4n) is 1.80. The van der Waals surface area contributed by atoms with Gasteiger partial charge in [0.05, 0.1) is 0 Å². The lowest BCUT2D eigenvalue weighted by atomic mass is 10.2. The van der Waals surface area contributed by atoms with E-state index in [2.05, 4.69) is 0 Å². The normalized spacial score (nSPS) is 20.5. The van der Waals surface area contributed by atoms with Gasteiger partial charge in [0.25, 0.3) is 0 Å². The summed E-state index contributed by atoms with van der Waals surface area (Å²) < 4.78 is 0. The summed E-state index contributed by atoms with van der Waals surface area (Å²) in [6.45, 7) is 8.43. The fourth-order valence-corrected chi connectivity index (χ4v) is 1.80. The molecule has 1 saturated heterocycles. The third-order valence-electron chi connectivity index (χ3n) is 2.47. The van der Waals surface area contributed by atoms with Crippen molar-refractivity contribution in [3.8, 4) is 0 Å². The molecule has 0 bridgehead atoms. The van der Waals surface area contributed by atoms with Gasteiger partial charge in [-0.05, 0) is 27.2 Å². The molecule has 0 aromatic carbocycles. The number of hydrogen-bond acceptors (Lipinski definition) is 2. The average Bonchev–Trinajstić information content (AvgIpc) is 2.07. The zero-order valence-electron chi connectivity index (χ0n) is 9.36. The summed E-state index contributed by atoms with van der Waals surface area (Å²) in [5, 5.41) is 0. The number of hydrogen-bond donors (Lipinski definition) is 1. The summed E-state index contributed by atoms with van der Waals surface area (Å²) >= 11 is 0. The third-order valence-corrected chi connectivity index (χ3v) is 2.47. The van der Waals surface area contributed by atoms with E-state index in [0.29, 0.717) is 12.6 Å². The zero-order valence-corrected chi connectivity index (χ0v) is 9.36. The van der Waals surface area contributed by atoms with Crippen LogP contribution in [0.15, 0.2) is 0 Å². The molecule has 4 heteroatoms. The Morgan fingerprint density at radius 3 is 2.50 bits per heavy atom. The number of urea groups is 1. The van der Waals surface area contributed by atoms with E-state index in [1.165, 1.54) is 0 Å². The second-order valence-corrected chi connectivity index (χ2v) is 4.35. The molecule has 1 heterocycles. The van der Waals surface area contributed by atoms with E-state index >= 15 is 0 Å². The van der Waals surface area contributed by atoms with E-state index in [1.807, 2.05) is 30.6 Å². The van der Waals surface area contributed by atoms with Gasteiger partial charge in [0.15, 0.2) is 0 Å². The van der Waals surface area contributed by atoms with Gasteiger partial charge in [-0.1, -0.05) is 0 Å². The van der Waals surface area contributed by atoms with Crippen molar-refractivity contribution in [2.45, 2.75) is 39.3 Å². The highest BCUT2D eigenvalue weighted by molar-refractivity contribution is 5.75. The number of carbonyl (C=O) groups is 1. The molecule has 2 N–H and O–H groups in total. The van der Waals surface area contributed by atoms with Crippen LogP contribution in [0.3, 0.4) is 0 Å². The monoisotopic (exact) mass is 199 g/mol. The van der Waals surface area contributed by atoms with Gasteiger partial charge in [-0.25, -0.2) is 4.79 Å². The molecule has 1 rings (SSSR count). The third kappa shape index (κ3) is 2.61. The molecule has 0 aromatic heterocycles. The molecule has 1 aliphatic heterocycles. The van der Waals surface area contributed by atoms with Crippen molar-refractivity contribution in [2.24, 2.45) is 5.73 Å². The molecule has 1 atom stereocenters. The standard InChI is InChI=1S/C10H21N3O/c1-8(2)13-6-4-5-12(10(13)14)7-9(3)11/h8-9H,4-7,11H2,1-3H3. The van der Waals surface area contributed by atoms with Gasteiger partial charge in [0.2, 0.25) is 0 Å². The number of rotatable bonds is 3. The second kappa shape index (κ2) is 4.64. The van der Waals surface area contributed by atoms with E-state index in [1.54, 1.807) is 0 Å². The molecule has 4 nitrogen and oxygen atoms in total. The summed E-state index contributed by atoms with van der Waals surface area (Å²) in [6, 6.07) is 0.494. The maximum atomic E-state index is 11.9. The van der Waals surface area contributed by atoms with Gasteiger partial charge >= 0.3 is 6.03 Å². The van der Waals surface area contributed by atoms with Gasteiger partial charge < -0.3 is 15.5 Å². The van der Waals surface area contributed by atoms with Gasteiger partial charge in [-0.15, -0.1) is 0 Å². The molecule has 0 aromatic rings. The van der Waals surface area contributed by atoms with Crippen LogP contribution in [0.25, 0.3) is 0 Å². The van der Waals surface area contributed by atoms with Crippen molar-refractivity contribution in [1.29, 1.82) is 0 Å². The van der Waals surface area contributed by atoms with Crippen molar-refractivity contribution < 1.29 is 4.79 Å². The summed E-state index contributed by atoms with van der Waals surface area (Å²) in [6.07, 6.45) is 1.05. The lowest BCUT2D eigenvalue weighted by Crippen LogP contribution is -2.54. The SMILES string of the molecule is CC(N)CN1CCCN(C(C)C)C1=O. The number of carbonyl (C=O) groups excluding carboxylic acids is 1. The first-order valence-corrected chi connectivity index (χ1v) is 5.33. The van der Waals surface area contributed by atoms with Crippen LogP contribution in [-0.2, 0) is 0 Å². The van der Waals surface area contributed by atoms with Gasteiger partial charge in [-0.2, -0.15) is 0 Å². The Bertz CT molecular complexity index is 204. The van der Waals surface area contributed by atoms with Crippen molar-refractivity contribution in [3.63, 3.8) is 0 Å². The first-order valence-electron chi connectivity index (χ1n) is 5.33. The lowest BCUT2D eigenvalue weighted by Gasteiger charge is -2.38. The predicted octanol–water partition coefficient (Wildman–Crippen LogP) is 0.870. The average molecular weight is 199 g/mol. The van der Waals surface area contributed by atoms with Crippen LogP contribution in [0.2, 0.25) is 0 Å². The maximum absolute atomic E-state index is 11.9. The van der Waals surface area contributed by atoms with Gasteiger partial charge in [0, 0.05) is 31.7 Å². The topological polar surface area (TPSA) is 49.6 Å². The molecular formula is C10H21N3O. The molecule has 0 saturated carbocycles. The molecular weight excluding hydrogens is 178 g/mol. The number of nitrogens with zero attached hydrogens (tertiary/aromatic N) is 2. The zero-order chi connectivity index (χ0) is 10.7. The Morgan fingerprint density at radius 2 is 2.00 bits per heavy atom. The largest absolute Gasteiger partial charge is 0.326 e. The van der Waals surface area contributed by atoms with Crippen LogP contribution < -0.4 is 5.73 Å². The summed E-state index contributed by atoms with van der Waals surface area (Å²) in [4.78, 5) is 15.7. The van der Waals surface area contributed by atoms with Crippen molar-refractivity contribution >= 4 is 6.03 Å². The van der Waals surface area contributed by atoms with Crippen LogP contribution >= 0.6 is 0 Å². The minimum Gasteiger partial charge on any atom is -0.326 e. The minimum atomic E-state index is 0.0612. The van der Waals surface area contributed by atoms with Crippen LogP contribution in [-0.4, -0.2) is 47.5 Å². The van der Waals surface area contributed by atoms with E-state index in [9.17, 15) is 4.79 Å². The Morgan fingerprint density at radius 1 is 1.36 bits per heavy atom. The van der Waals surface area contributed by atoms with Gasteiger partial charge in [0.1, 0.15) is 0 Å². The van der Waals surface area contributed by atoms with Crippen molar-refractivity contribution in [2.75, 3.05) is 19.6 Å². The molecule has 1 aliphatic rings. The minimum absolute atomic E-state index is 0.0612. The van der Waals surface area contributed by atoms with Crippen molar-refractivity contribution in [1.82, 2.24) is 9.80 Å². The van der Waals surface area contributed by atoms with Crippen LogP contribution in [0.5, 0.6) is 0 Å². The molecule has 0 radical (unpaired) electrons. The summed E-state index contributed by atoms with van der Waals surface area (Å²) in [5.74, 6) is 0. The fraction of sp³-hybridized carbons (Fsp3) is 0.900. The molecule has 1 fully saturated rings. The molecule has 1 unspecified atom stereocenters. The highest BCUT2D eigenvalue weighted by atomic mass is 16.2. The molecule has 0 aliphatic carbocycles. The Hall–Kier alpha value is -0.770. The first kappa shape index (κ1) is 11.3. The highest BCUT2D eigenvalue weighted by Gasteiger charge is 2.27. The van der Waals surface area contributed by atoms with Crippen LogP contribution in [0.1, 0.15) is 27.2 Å². The van der Waals surface area contributed by atoms with Crippen LogP contribution in [0, 0.1) is 0 Å². The molecule has 0 spiro atoms. The predicted molar refractivity (Wildman–Crippen MR) is 57.1 cm³/mol. The Kier molecular flexibility index (Phi) is 3.75. The lowest BCUT2D eigenvalue weighted by molar-refractivity contribution is 0.113. The summed E-state index contributed by atoms with van der Waals surface area (Å²) in [5.41, 5.74) is 5.69. The second-order valence-electron chi connectivity index (χ2n) is 4.35. The van der Waals surface area contributed by atoms with Gasteiger partial charge in [-0.3, -0.25) is 0 Å². The van der Waals surface area contributed by atoms with E-state index in [-0.39, 0.29) is 12.1 Å². The summed E-state index contributed by atoms with van der Waals surface area (Å²) in [7, 11) is 0. The first-order chi connectivity index (χ1) is 6.52. The smallest absolute Gasteiger partial charge is 0.320 e. The van der Waals surface area contributed by atoms with E-state index in [0.717, 1.165) is 19.5 Å². The Balaban J connectivity index is 2.57. The highest BCUT2D eigenvalue weighted by Crippen LogP contribution is 2.12.